The molecule has 0 atom stereocenters. The molecule has 0 amide bonds. The highest BCUT2D eigenvalue weighted by atomic mass is 79.9. The number of benzene rings is 2. The van der Waals surface area contributed by atoms with Gasteiger partial charge in [0.25, 0.3) is 0 Å². The minimum Gasteiger partial charge on any atom is -0.384 e. The molecule has 0 unspecified atom stereocenters. The summed E-state index contributed by atoms with van der Waals surface area (Å²) in [6, 6.07) is 15.7. The van der Waals surface area contributed by atoms with Crippen LogP contribution in [-0.4, -0.2) is 19.5 Å². The second kappa shape index (κ2) is 6.18. The number of nitrogens with one attached hydrogen (secondary N) is 1. The van der Waals surface area contributed by atoms with Gasteiger partial charge in [0.1, 0.15) is 18.0 Å². The van der Waals surface area contributed by atoms with Gasteiger partial charge in [-0.2, -0.15) is 0 Å². The monoisotopic (exact) mass is 394 g/mol. The Labute approximate surface area is 152 Å². The van der Waals surface area contributed by atoms with Gasteiger partial charge in [0, 0.05) is 16.2 Å². The lowest BCUT2D eigenvalue weighted by Crippen LogP contribution is -2.05. The van der Waals surface area contributed by atoms with Crippen molar-refractivity contribution >= 4 is 44.4 Å². The summed E-state index contributed by atoms with van der Waals surface area (Å²) in [5, 5.41) is 3.41. The molecule has 0 radical (unpaired) electrons. The van der Waals surface area contributed by atoms with E-state index in [4.69, 9.17) is 10.7 Å². The molecule has 0 saturated heterocycles. The number of imidazole rings is 1. The second-order valence-electron chi connectivity index (χ2n) is 5.64. The highest BCUT2D eigenvalue weighted by Gasteiger charge is 2.14. The zero-order chi connectivity index (χ0) is 17.4. The van der Waals surface area contributed by atoms with Gasteiger partial charge in [-0.1, -0.05) is 28.1 Å². The summed E-state index contributed by atoms with van der Waals surface area (Å²) in [6.45, 7) is 2.04. The Balaban J connectivity index is 1.90. The number of fused-ring (bicyclic) bond motifs is 1. The number of aromatic nitrogens is 4. The van der Waals surface area contributed by atoms with Crippen molar-refractivity contribution in [3.05, 3.63) is 64.9 Å². The van der Waals surface area contributed by atoms with E-state index in [0.29, 0.717) is 17.6 Å². The van der Waals surface area contributed by atoms with Gasteiger partial charge in [-0.25, -0.2) is 15.0 Å². The first-order chi connectivity index (χ1) is 12.1. The number of hydrogen-bond acceptors (Lipinski definition) is 5. The number of halogens is 1. The maximum Gasteiger partial charge on any atom is 0.214 e. The minimum atomic E-state index is 0.411. The molecule has 7 heteroatoms. The van der Waals surface area contributed by atoms with Crippen LogP contribution in [0.5, 0.6) is 0 Å². The molecule has 0 aliphatic heterocycles. The van der Waals surface area contributed by atoms with Crippen LogP contribution >= 0.6 is 15.9 Å². The molecule has 0 spiro atoms. The van der Waals surface area contributed by atoms with Crippen LogP contribution in [-0.2, 0) is 0 Å². The molecule has 0 aliphatic rings. The molecule has 3 N–H and O–H groups in total. The molecule has 0 bridgehead atoms. The molecule has 25 heavy (non-hydrogen) atoms. The molecule has 2 aromatic heterocycles. The van der Waals surface area contributed by atoms with Crippen LogP contribution < -0.4 is 11.1 Å². The first-order valence-electron chi connectivity index (χ1n) is 7.70. The fraction of sp³-hybridized carbons (Fsp3) is 0.0556. The van der Waals surface area contributed by atoms with Gasteiger partial charge >= 0.3 is 0 Å². The zero-order valence-electron chi connectivity index (χ0n) is 13.4. The number of rotatable bonds is 3. The molecule has 4 rings (SSSR count). The lowest BCUT2D eigenvalue weighted by atomic mass is 10.2. The third-order valence-electron chi connectivity index (χ3n) is 3.90. The molecular weight excluding hydrogens is 380 g/mol. The Morgan fingerprint density at radius 3 is 2.72 bits per heavy atom. The van der Waals surface area contributed by atoms with E-state index in [2.05, 4.69) is 37.3 Å². The standard InChI is InChI=1S/C18H15BrN6/c1-11-8-12(19)6-7-13(11)23-18-24-14-4-2-3-5-15(14)25(18)17-9-16(20)21-10-22-17/h2-10H,1H3,(H,23,24)(H2,20,21,22). The number of nitrogen functional groups attached to an aromatic ring is 1. The van der Waals surface area contributed by atoms with Crippen LogP contribution in [0, 0.1) is 6.92 Å². The van der Waals surface area contributed by atoms with Crippen molar-refractivity contribution in [3.63, 3.8) is 0 Å². The first-order valence-corrected chi connectivity index (χ1v) is 8.50. The van der Waals surface area contributed by atoms with E-state index in [0.717, 1.165) is 26.8 Å². The zero-order valence-corrected chi connectivity index (χ0v) is 15.0. The lowest BCUT2D eigenvalue weighted by Gasteiger charge is -2.12. The Morgan fingerprint density at radius 1 is 1.08 bits per heavy atom. The molecule has 0 saturated carbocycles. The lowest BCUT2D eigenvalue weighted by molar-refractivity contribution is 1.00. The summed E-state index contributed by atoms with van der Waals surface area (Å²) < 4.78 is 2.97. The number of nitrogens with zero attached hydrogens (tertiary/aromatic N) is 4. The van der Waals surface area contributed by atoms with Crippen molar-refractivity contribution in [1.29, 1.82) is 0 Å². The van der Waals surface area contributed by atoms with E-state index >= 15 is 0 Å². The van der Waals surface area contributed by atoms with E-state index in [-0.39, 0.29) is 0 Å². The molecule has 0 aliphatic carbocycles. The summed E-state index contributed by atoms with van der Waals surface area (Å²) in [5.74, 6) is 1.75. The first kappa shape index (κ1) is 15.6. The number of nitrogens with two attached hydrogens (primary N) is 1. The van der Waals surface area contributed by atoms with Gasteiger partial charge in [0.2, 0.25) is 5.95 Å². The number of aryl methyl sites for hydroxylation is 1. The molecule has 124 valence electrons. The normalized spacial score (nSPS) is 11.0. The van der Waals surface area contributed by atoms with Crippen molar-refractivity contribution in [3.8, 4) is 5.82 Å². The fourth-order valence-corrected chi connectivity index (χ4v) is 3.19. The molecule has 4 aromatic rings. The highest BCUT2D eigenvalue weighted by molar-refractivity contribution is 9.10. The maximum atomic E-state index is 5.84. The molecule has 2 heterocycles. The van der Waals surface area contributed by atoms with Crippen molar-refractivity contribution in [2.75, 3.05) is 11.1 Å². The van der Waals surface area contributed by atoms with Crippen LogP contribution in [0.4, 0.5) is 17.5 Å². The van der Waals surface area contributed by atoms with E-state index in [1.807, 2.05) is 47.9 Å². The van der Waals surface area contributed by atoms with E-state index in [1.165, 1.54) is 6.33 Å². The summed E-state index contributed by atoms with van der Waals surface area (Å²) in [7, 11) is 0. The quantitative estimate of drug-likeness (QED) is 0.543. The van der Waals surface area contributed by atoms with Gasteiger partial charge in [0.15, 0.2) is 0 Å². The van der Waals surface area contributed by atoms with Crippen molar-refractivity contribution < 1.29 is 0 Å². The molecular formula is C18H15BrN6. The Morgan fingerprint density at radius 2 is 1.92 bits per heavy atom. The molecule has 2 aromatic carbocycles. The smallest absolute Gasteiger partial charge is 0.214 e. The van der Waals surface area contributed by atoms with Crippen LogP contribution in [0.15, 0.2) is 59.3 Å². The third-order valence-corrected chi connectivity index (χ3v) is 4.39. The van der Waals surface area contributed by atoms with Gasteiger partial charge in [-0.05, 0) is 42.8 Å². The molecule has 6 nitrogen and oxygen atoms in total. The Bertz CT molecular complexity index is 1070. The largest absolute Gasteiger partial charge is 0.384 e. The summed E-state index contributed by atoms with van der Waals surface area (Å²) >= 11 is 3.49. The van der Waals surface area contributed by atoms with Gasteiger partial charge in [0.05, 0.1) is 11.0 Å². The maximum absolute atomic E-state index is 5.84. The van der Waals surface area contributed by atoms with E-state index in [1.54, 1.807) is 6.07 Å². The van der Waals surface area contributed by atoms with Crippen molar-refractivity contribution in [2.24, 2.45) is 0 Å². The average Bonchev–Trinajstić information content (AvgIpc) is 2.95. The number of hydrogen-bond donors (Lipinski definition) is 2. The molecule has 0 fully saturated rings. The van der Waals surface area contributed by atoms with Crippen LogP contribution in [0.25, 0.3) is 16.9 Å². The second-order valence-corrected chi connectivity index (χ2v) is 6.56. The minimum absolute atomic E-state index is 0.411. The van der Waals surface area contributed by atoms with Crippen molar-refractivity contribution in [2.45, 2.75) is 6.92 Å². The summed E-state index contributed by atoms with van der Waals surface area (Å²) in [6.07, 6.45) is 1.45. The van der Waals surface area contributed by atoms with Crippen LogP contribution in [0.3, 0.4) is 0 Å². The van der Waals surface area contributed by atoms with Gasteiger partial charge in [-0.3, -0.25) is 4.57 Å². The van der Waals surface area contributed by atoms with Crippen molar-refractivity contribution in [1.82, 2.24) is 19.5 Å². The third kappa shape index (κ3) is 2.94. The van der Waals surface area contributed by atoms with Gasteiger partial charge < -0.3 is 11.1 Å². The SMILES string of the molecule is Cc1cc(Br)ccc1Nc1nc2ccccc2n1-c1cc(N)ncn1. The van der Waals surface area contributed by atoms with E-state index in [9.17, 15) is 0 Å². The predicted molar refractivity (Wildman–Crippen MR) is 103 cm³/mol. The Kier molecular flexibility index (Phi) is 3.85. The van der Waals surface area contributed by atoms with E-state index < -0.39 is 0 Å². The Hall–Kier alpha value is -2.93. The topological polar surface area (TPSA) is 81.7 Å². The highest BCUT2D eigenvalue weighted by Crippen LogP contribution is 2.28. The van der Waals surface area contributed by atoms with Crippen LogP contribution in [0.1, 0.15) is 5.56 Å². The van der Waals surface area contributed by atoms with Gasteiger partial charge in [-0.15, -0.1) is 0 Å². The summed E-state index contributed by atoms with van der Waals surface area (Å²) in [4.78, 5) is 13.0. The summed E-state index contributed by atoms with van der Waals surface area (Å²) in [5.41, 5.74) is 9.74. The fourth-order valence-electron chi connectivity index (χ4n) is 2.71. The van der Waals surface area contributed by atoms with Crippen LogP contribution in [0.2, 0.25) is 0 Å². The number of para-hydroxylation sites is 2. The number of anilines is 3. The predicted octanol–water partition coefficient (Wildman–Crippen LogP) is 4.21. The average molecular weight is 395 g/mol.